The van der Waals surface area contributed by atoms with Gasteiger partial charge in [0.25, 0.3) is 5.91 Å². The van der Waals surface area contributed by atoms with E-state index in [1.54, 1.807) is 11.1 Å². The number of rotatable bonds is 2. The highest BCUT2D eigenvalue weighted by Gasteiger charge is 2.46. The Labute approximate surface area is 129 Å². The first kappa shape index (κ1) is 13.8. The topological polar surface area (TPSA) is 75.3 Å². The number of ether oxygens (including phenoxy) is 1. The summed E-state index contributed by atoms with van der Waals surface area (Å²) in [4.78, 5) is 26.3. The first-order chi connectivity index (χ1) is 10.7. The van der Waals surface area contributed by atoms with Crippen molar-refractivity contribution in [2.24, 2.45) is 11.8 Å². The summed E-state index contributed by atoms with van der Waals surface area (Å²) in [7, 11) is 0. The molecule has 4 rings (SSSR count). The number of likely N-dealkylation sites (tertiary alicyclic amines) is 1. The average Bonchev–Trinajstić information content (AvgIpc) is 3.25. The fourth-order valence-corrected chi connectivity index (χ4v) is 4.11. The van der Waals surface area contributed by atoms with Gasteiger partial charge in [-0.2, -0.15) is 5.10 Å². The molecular formula is C16H21N3O3. The molecule has 6 nitrogen and oxygen atoms in total. The van der Waals surface area contributed by atoms with E-state index in [9.17, 15) is 9.59 Å². The molecule has 3 heterocycles. The van der Waals surface area contributed by atoms with E-state index in [-0.39, 0.29) is 23.7 Å². The molecule has 1 N–H and O–H groups in total. The number of hydrogen-bond donors (Lipinski definition) is 1. The summed E-state index contributed by atoms with van der Waals surface area (Å²) in [6.07, 6.45) is 7.62. The molecule has 1 saturated carbocycles. The molecule has 2 saturated heterocycles. The third-order valence-corrected chi connectivity index (χ3v) is 5.38. The van der Waals surface area contributed by atoms with E-state index < -0.39 is 0 Å². The number of esters is 1. The van der Waals surface area contributed by atoms with Crippen LogP contribution in [0.2, 0.25) is 0 Å². The van der Waals surface area contributed by atoms with E-state index >= 15 is 0 Å². The fourth-order valence-electron chi connectivity index (χ4n) is 4.11. The number of H-pyrrole nitrogens is 1. The van der Waals surface area contributed by atoms with Gasteiger partial charge in [0.2, 0.25) is 0 Å². The lowest BCUT2D eigenvalue weighted by Crippen LogP contribution is -2.31. The van der Waals surface area contributed by atoms with Crippen LogP contribution in [-0.2, 0) is 9.53 Å². The number of fused-ring (bicyclic) bond motifs is 1. The van der Waals surface area contributed by atoms with Crippen LogP contribution >= 0.6 is 0 Å². The van der Waals surface area contributed by atoms with E-state index in [1.807, 2.05) is 0 Å². The number of carbonyl (C=O) groups is 2. The van der Waals surface area contributed by atoms with Gasteiger partial charge in [0.1, 0.15) is 0 Å². The molecule has 1 aliphatic carbocycles. The van der Waals surface area contributed by atoms with Gasteiger partial charge < -0.3 is 9.64 Å². The minimum atomic E-state index is -0.153. The molecule has 2 atom stereocenters. The highest BCUT2D eigenvalue weighted by atomic mass is 16.5. The van der Waals surface area contributed by atoms with Crippen LogP contribution < -0.4 is 0 Å². The standard InChI is InChI=1S/C16H21N3O3/c20-15(19-7-11-9-22-16(21)13(11)8-19)12-6-17-18-14(12)10-4-2-1-3-5-10/h6,10-11,13H,1-5,7-9H2,(H,17,18)/t11-,13-/m1/s1. The van der Waals surface area contributed by atoms with E-state index in [2.05, 4.69) is 10.2 Å². The van der Waals surface area contributed by atoms with Gasteiger partial charge in [-0.1, -0.05) is 19.3 Å². The van der Waals surface area contributed by atoms with Crippen LogP contribution in [0, 0.1) is 11.8 Å². The van der Waals surface area contributed by atoms with Crippen molar-refractivity contribution in [3.8, 4) is 0 Å². The quantitative estimate of drug-likeness (QED) is 0.844. The number of carbonyl (C=O) groups excluding carboxylic acids is 2. The van der Waals surface area contributed by atoms with Crippen molar-refractivity contribution in [3.05, 3.63) is 17.5 Å². The number of amides is 1. The molecule has 0 radical (unpaired) electrons. The van der Waals surface area contributed by atoms with Crippen molar-refractivity contribution >= 4 is 11.9 Å². The van der Waals surface area contributed by atoms with Gasteiger partial charge in [0, 0.05) is 24.9 Å². The molecule has 0 aromatic carbocycles. The Hall–Kier alpha value is -1.85. The Bertz CT molecular complexity index is 591. The minimum Gasteiger partial charge on any atom is -0.465 e. The van der Waals surface area contributed by atoms with Crippen LogP contribution in [0.3, 0.4) is 0 Å². The molecule has 1 aromatic heterocycles. The molecule has 1 amide bonds. The summed E-state index contributed by atoms with van der Waals surface area (Å²) >= 11 is 0. The normalized spacial score (nSPS) is 28.7. The lowest BCUT2D eigenvalue weighted by atomic mass is 9.85. The van der Waals surface area contributed by atoms with Gasteiger partial charge in [-0.25, -0.2) is 0 Å². The van der Waals surface area contributed by atoms with E-state index in [0.717, 1.165) is 18.5 Å². The molecule has 3 fully saturated rings. The van der Waals surface area contributed by atoms with E-state index in [0.29, 0.717) is 31.2 Å². The van der Waals surface area contributed by atoms with Crippen LogP contribution in [0.5, 0.6) is 0 Å². The molecule has 1 aromatic rings. The molecule has 6 heteroatoms. The Morgan fingerprint density at radius 3 is 2.86 bits per heavy atom. The number of nitrogens with one attached hydrogen (secondary N) is 1. The first-order valence-electron chi connectivity index (χ1n) is 8.23. The highest BCUT2D eigenvalue weighted by molar-refractivity contribution is 5.96. The van der Waals surface area contributed by atoms with E-state index in [1.165, 1.54) is 19.3 Å². The number of hydrogen-bond acceptors (Lipinski definition) is 4. The summed E-state index contributed by atoms with van der Waals surface area (Å²) in [6, 6.07) is 0. The molecule has 0 spiro atoms. The minimum absolute atomic E-state index is 0.0107. The van der Waals surface area contributed by atoms with Crippen LogP contribution in [0.15, 0.2) is 6.20 Å². The Kier molecular flexibility index (Phi) is 3.39. The average molecular weight is 303 g/mol. The summed E-state index contributed by atoms with van der Waals surface area (Å²) < 4.78 is 5.06. The molecule has 0 unspecified atom stereocenters. The van der Waals surface area contributed by atoms with Crippen LogP contribution in [-0.4, -0.2) is 46.7 Å². The highest BCUT2D eigenvalue weighted by Crippen LogP contribution is 2.35. The molecule has 3 aliphatic rings. The van der Waals surface area contributed by atoms with Crippen molar-refractivity contribution in [2.75, 3.05) is 19.7 Å². The van der Waals surface area contributed by atoms with Crippen molar-refractivity contribution in [2.45, 2.75) is 38.0 Å². The van der Waals surface area contributed by atoms with Crippen LogP contribution in [0.1, 0.15) is 54.1 Å². The fraction of sp³-hybridized carbons (Fsp3) is 0.688. The second-order valence-corrected chi connectivity index (χ2v) is 6.74. The van der Waals surface area contributed by atoms with Gasteiger partial charge in [-0.15, -0.1) is 0 Å². The Morgan fingerprint density at radius 2 is 2.09 bits per heavy atom. The Morgan fingerprint density at radius 1 is 1.27 bits per heavy atom. The zero-order valence-electron chi connectivity index (χ0n) is 12.6. The number of aromatic nitrogens is 2. The summed E-state index contributed by atoms with van der Waals surface area (Å²) in [6.45, 7) is 1.55. The predicted molar refractivity (Wildman–Crippen MR) is 78.3 cm³/mol. The van der Waals surface area contributed by atoms with Crippen LogP contribution in [0.25, 0.3) is 0 Å². The van der Waals surface area contributed by atoms with Crippen LogP contribution in [0.4, 0.5) is 0 Å². The maximum Gasteiger partial charge on any atom is 0.311 e. The molecular weight excluding hydrogens is 282 g/mol. The maximum absolute atomic E-state index is 12.8. The number of aromatic amines is 1. The van der Waals surface area contributed by atoms with Gasteiger partial charge in [-0.05, 0) is 12.8 Å². The molecule has 22 heavy (non-hydrogen) atoms. The monoisotopic (exact) mass is 303 g/mol. The zero-order chi connectivity index (χ0) is 15.1. The molecule has 0 bridgehead atoms. The summed E-state index contributed by atoms with van der Waals surface area (Å²) in [5, 5.41) is 7.16. The zero-order valence-corrected chi connectivity index (χ0v) is 12.6. The van der Waals surface area contributed by atoms with E-state index in [4.69, 9.17) is 4.74 Å². The van der Waals surface area contributed by atoms with Crippen molar-refractivity contribution in [3.63, 3.8) is 0 Å². The maximum atomic E-state index is 12.8. The summed E-state index contributed by atoms with van der Waals surface area (Å²) in [5.74, 6) is 0.314. The Balaban J connectivity index is 1.52. The van der Waals surface area contributed by atoms with Gasteiger partial charge >= 0.3 is 5.97 Å². The van der Waals surface area contributed by atoms with Gasteiger partial charge in [0.15, 0.2) is 0 Å². The second-order valence-electron chi connectivity index (χ2n) is 6.74. The summed E-state index contributed by atoms with van der Waals surface area (Å²) in [5.41, 5.74) is 1.68. The van der Waals surface area contributed by atoms with Crippen molar-refractivity contribution in [1.29, 1.82) is 0 Å². The molecule has 2 aliphatic heterocycles. The van der Waals surface area contributed by atoms with Gasteiger partial charge in [0.05, 0.1) is 30.0 Å². The smallest absolute Gasteiger partial charge is 0.311 e. The third-order valence-electron chi connectivity index (χ3n) is 5.38. The number of cyclic esters (lactones) is 1. The molecule has 118 valence electrons. The largest absolute Gasteiger partial charge is 0.465 e. The van der Waals surface area contributed by atoms with Crippen molar-refractivity contribution in [1.82, 2.24) is 15.1 Å². The third kappa shape index (κ3) is 2.21. The first-order valence-corrected chi connectivity index (χ1v) is 8.23. The second kappa shape index (κ2) is 5.41. The lowest BCUT2D eigenvalue weighted by molar-refractivity contribution is -0.141. The predicted octanol–water partition coefficient (Wildman–Crippen LogP) is 1.70. The lowest BCUT2D eigenvalue weighted by Gasteiger charge is -2.23. The van der Waals surface area contributed by atoms with Crippen molar-refractivity contribution < 1.29 is 14.3 Å². The SMILES string of the molecule is O=C1OC[C@H]2CN(C(=O)c3cn[nH]c3C3CCCCC3)C[C@@H]12. The van der Waals surface area contributed by atoms with Gasteiger partial charge in [-0.3, -0.25) is 14.7 Å². The number of nitrogens with zero attached hydrogens (tertiary/aromatic N) is 2.